The van der Waals surface area contributed by atoms with E-state index < -0.39 is 11.6 Å². The number of pyridine rings is 1. The Labute approximate surface area is 151 Å². The van der Waals surface area contributed by atoms with E-state index in [0.717, 1.165) is 49.9 Å². The lowest BCUT2D eigenvalue weighted by Gasteiger charge is -2.31. The minimum atomic E-state index is -0.826. The maximum absolute atomic E-state index is 13.2. The Kier molecular flexibility index (Phi) is 4.95. The summed E-state index contributed by atoms with van der Waals surface area (Å²) >= 11 is 0. The van der Waals surface area contributed by atoms with Crippen LogP contribution in [0.4, 0.5) is 8.78 Å². The first-order valence-electron chi connectivity index (χ1n) is 8.88. The van der Waals surface area contributed by atoms with Gasteiger partial charge in [-0.05, 0) is 42.7 Å². The molecule has 3 aromatic rings. The number of benzene rings is 1. The Morgan fingerprint density at radius 2 is 1.92 bits per heavy atom. The van der Waals surface area contributed by atoms with Gasteiger partial charge < -0.3 is 9.14 Å². The number of imidazole rings is 1. The lowest BCUT2D eigenvalue weighted by Crippen LogP contribution is -2.36. The number of rotatable bonds is 5. The zero-order valence-corrected chi connectivity index (χ0v) is 14.4. The highest BCUT2D eigenvalue weighted by Crippen LogP contribution is 2.18. The molecule has 3 heterocycles. The van der Waals surface area contributed by atoms with Crippen LogP contribution < -0.4 is 0 Å². The van der Waals surface area contributed by atoms with Gasteiger partial charge in [0.15, 0.2) is 11.6 Å². The number of nitrogens with zero attached hydrogens (tertiary/aromatic N) is 3. The van der Waals surface area contributed by atoms with Crippen LogP contribution in [0.15, 0.2) is 48.8 Å². The summed E-state index contributed by atoms with van der Waals surface area (Å²) in [6.07, 6.45) is 6.08. The molecule has 6 heteroatoms. The van der Waals surface area contributed by atoms with Gasteiger partial charge in [0.25, 0.3) is 0 Å². The number of piperidine rings is 1. The van der Waals surface area contributed by atoms with Gasteiger partial charge in [0, 0.05) is 32.0 Å². The summed E-state index contributed by atoms with van der Waals surface area (Å²) < 4.78 is 34.1. The summed E-state index contributed by atoms with van der Waals surface area (Å²) in [7, 11) is 0. The van der Waals surface area contributed by atoms with E-state index in [0.29, 0.717) is 12.2 Å². The second-order valence-electron chi connectivity index (χ2n) is 6.73. The highest BCUT2D eigenvalue weighted by atomic mass is 19.2. The van der Waals surface area contributed by atoms with Crippen LogP contribution in [0.25, 0.3) is 5.65 Å². The van der Waals surface area contributed by atoms with Gasteiger partial charge in [-0.1, -0.05) is 12.1 Å². The smallest absolute Gasteiger partial charge is 0.159 e. The summed E-state index contributed by atoms with van der Waals surface area (Å²) in [6.45, 7) is 3.03. The first kappa shape index (κ1) is 17.1. The molecule has 0 N–H and O–H groups in total. The molecule has 0 spiro atoms. The van der Waals surface area contributed by atoms with E-state index >= 15 is 0 Å². The number of halogens is 2. The van der Waals surface area contributed by atoms with E-state index in [4.69, 9.17) is 4.74 Å². The first-order valence-corrected chi connectivity index (χ1v) is 8.88. The predicted molar refractivity (Wildman–Crippen MR) is 94.6 cm³/mol. The SMILES string of the molecule is Fc1ccc(COC2CCN(Cc3cn4ccccc4n3)CC2)cc1F. The Morgan fingerprint density at radius 3 is 2.69 bits per heavy atom. The molecule has 0 aliphatic carbocycles. The summed E-state index contributed by atoms with van der Waals surface area (Å²) in [5.41, 5.74) is 2.70. The quantitative estimate of drug-likeness (QED) is 0.696. The summed E-state index contributed by atoms with van der Waals surface area (Å²) in [5, 5.41) is 0. The minimum Gasteiger partial charge on any atom is -0.373 e. The highest BCUT2D eigenvalue weighted by molar-refractivity contribution is 5.39. The third kappa shape index (κ3) is 3.92. The van der Waals surface area contributed by atoms with E-state index in [2.05, 4.69) is 16.1 Å². The molecular formula is C20H21F2N3O. The standard InChI is InChI=1S/C20H21F2N3O/c21-18-5-4-15(11-19(18)22)14-26-17-6-9-24(10-7-17)12-16-13-25-8-2-1-3-20(25)23-16/h1-5,8,11,13,17H,6-7,9-10,12,14H2. The van der Waals surface area contributed by atoms with Gasteiger partial charge in [-0.25, -0.2) is 13.8 Å². The molecular weight excluding hydrogens is 336 g/mol. The van der Waals surface area contributed by atoms with Crippen LogP contribution in [0.3, 0.4) is 0 Å². The molecule has 0 saturated carbocycles. The molecule has 0 atom stereocenters. The molecule has 4 rings (SSSR count). The minimum absolute atomic E-state index is 0.153. The fourth-order valence-electron chi connectivity index (χ4n) is 3.37. The van der Waals surface area contributed by atoms with Gasteiger partial charge in [-0.15, -0.1) is 0 Å². The van der Waals surface area contributed by atoms with Crippen molar-refractivity contribution in [2.24, 2.45) is 0 Å². The number of hydrogen-bond acceptors (Lipinski definition) is 3. The van der Waals surface area contributed by atoms with E-state index in [1.807, 2.05) is 28.8 Å². The van der Waals surface area contributed by atoms with Gasteiger partial charge in [0.1, 0.15) is 5.65 Å². The molecule has 0 bridgehead atoms. The molecule has 136 valence electrons. The Balaban J connectivity index is 1.26. The molecule has 2 aromatic heterocycles. The van der Waals surface area contributed by atoms with E-state index in [-0.39, 0.29) is 6.10 Å². The first-order chi connectivity index (χ1) is 12.7. The maximum Gasteiger partial charge on any atom is 0.159 e. The lowest BCUT2D eigenvalue weighted by molar-refractivity contribution is -0.00423. The monoisotopic (exact) mass is 357 g/mol. The average Bonchev–Trinajstić information content (AvgIpc) is 3.06. The van der Waals surface area contributed by atoms with Gasteiger partial charge >= 0.3 is 0 Å². The van der Waals surface area contributed by atoms with Gasteiger partial charge in [0.2, 0.25) is 0 Å². The van der Waals surface area contributed by atoms with Crippen LogP contribution in [0.2, 0.25) is 0 Å². The van der Waals surface area contributed by atoms with Crippen LogP contribution in [-0.4, -0.2) is 33.5 Å². The van der Waals surface area contributed by atoms with Gasteiger partial charge in [-0.3, -0.25) is 4.90 Å². The second-order valence-corrected chi connectivity index (χ2v) is 6.73. The van der Waals surface area contributed by atoms with E-state index in [9.17, 15) is 8.78 Å². The van der Waals surface area contributed by atoms with Gasteiger partial charge in [0.05, 0.1) is 18.4 Å². The fraction of sp³-hybridized carbons (Fsp3) is 0.350. The summed E-state index contributed by atoms with van der Waals surface area (Å²) in [4.78, 5) is 7.02. The van der Waals surface area contributed by atoms with E-state index in [1.54, 1.807) is 6.07 Å². The van der Waals surface area contributed by atoms with Crippen molar-refractivity contribution in [1.29, 1.82) is 0 Å². The molecule has 1 saturated heterocycles. The molecule has 0 unspecified atom stereocenters. The number of likely N-dealkylation sites (tertiary alicyclic amines) is 1. The molecule has 0 amide bonds. The van der Waals surface area contributed by atoms with Crippen molar-refractivity contribution in [3.63, 3.8) is 0 Å². The van der Waals surface area contributed by atoms with Crippen molar-refractivity contribution in [3.8, 4) is 0 Å². The van der Waals surface area contributed by atoms with Crippen LogP contribution in [0.1, 0.15) is 24.1 Å². The number of fused-ring (bicyclic) bond motifs is 1. The molecule has 1 aromatic carbocycles. The summed E-state index contributed by atoms with van der Waals surface area (Å²) in [5.74, 6) is -1.65. The second kappa shape index (κ2) is 7.51. The Bertz CT molecular complexity index is 855. The zero-order chi connectivity index (χ0) is 17.9. The topological polar surface area (TPSA) is 29.8 Å². The number of aromatic nitrogens is 2. The third-order valence-electron chi connectivity index (χ3n) is 4.80. The van der Waals surface area contributed by atoms with Crippen molar-refractivity contribution in [2.75, 3.05) is 13.1 Å². The van der Waals surface area contributed by atoms with Crippen LogP contribution >= 0.6 is 0 Å². The highest BCUT2D eigenvalue weighted by Gasteiger charge is 2.20. The van der Waals surface area contributed by atoms with Gasteiger partial charge in [-0.2, -0.15) is 0 Å². The van der Waals surface area contributed by atoms with Crippen molar-refractivity contribution < 1.29 is 13.5 Å². The molecule has 4 nitrogen and oxygen atoms in total. The van der Waals surface area contributed by atoms with E-state index in [1.165, 1.54) is 6.07 Å². The normalized spacial score (nSPS) is 16.4. The van der Waals surface area contributed by atoms with Crippen LogP contribution in [0.5, 0.6) is 0 Å². The molecule has 1 aliphatic rings. The largest absolute Gasteiger partial charge is 0.373 e. The molecule has 0 radical (unpaired) electrons. The molecule has 1 fully saturated rings. The average molecular weight is 357 g/mol. The predicted octanol–water partition coefficient (Wildman–Crippen LogP) is 3.79. The number of hydrogen-bond donors (Lipinski definition) is 0. The van der Waals surface area contributed by atoms with Crippen molar-refractivity contribution in [1.82, 2.24) is 14.3 Å². The molecule has 26 heavy (non-hydrogen) atoms. The van der Waals surface area contributed by atoms with Crippen molar-refractivity contribution in [3.05, 3.63) is 71.7 Å². The van der Waals surface area contributed by atoms with Crippen LogP contribution in [0, 0.1) is 11.6 Å². The van der Waals surface area contributed by atoms with Crippen molar-refractivity contribution in [2.45, 2.75) is 32.1 Å². The van der Waals surface area contributed by atoms with Crippen molar-refractivity contribution >= 4 is 5.65 Å². The Hall–Kier alpha value is -2.31. The lowest BCUT2D eigenvalue weighted by atomic mass is 10.1. The molecule has 1 aliphatic heterocycles. The third-order valence-corrected chi connectivity index (χ3v) is 4.80. The fourth-order valence-corrected chi connectivity index (χ4v) is 3.37. The summed E-state index contributed by atoms with van der Waals surface area (Å²) in [6, 6.07) is 9.90. The Morgan fingerprint density at radius 1 is 1.08 bits per heavy atom. The maximum atomic E-state index is 13.2. The van der Waals surface area contributed by atoms with Crippen LogP contribution in [-0.2, 0) is 17.9 Å². The zero-order valence-electron chi connectivity index (χ0n) is 14.4. The number of ether oxygens (including phenoxy) is 1.